The fourth-order valence-corrected chi connectivity index (χ4v) is 4.88. The first-order valence-corrected chi connectivity index (χ1v) is 12.4. The predicted molar refractivity (Wildman–Crippen MR) is 137 cm³/mol. The minimum atomic E-state index is -1.54. The molecule has 2 amide bonds. The number of likely N-dealkylation sites (tertiary alicyclic amines) is 1. The number of carbonyl (C=O) groups is 2. The molecule has 3 heterocycles. The Hall–Kier alpha value is -3.83. The Balaban J connectivity index is 1.67. The number of nitrogens with zero attached hydrogens (tertiary/aromatic N) is 5. The molecule has 0 spiro atoms. The van der Waals surface area contributed by atoms with Gasteiger partial charge >= 0.3 is 6.09 Å². The third-order valence-electron chi connectivity index (χ3n) is 7.32. The fourth-order valence-electron chi connectivity index (χ4n) is 4.88. The lowest BCUT2D eigenvalue weighted by Crippen LogP contribution is -2.66. The molecule has 1 fully saturated rings. The number of likely N-dealkylation sites (N-methyl/N-ethyl adjacent to an activating group) is 1. The van der Waals surface area contributed by atoms with Gasteiger partial charge in [0.25, 0.3) is 0 Å². The molecule has 1 aliphatic heterocycles. The van der Waals surface area contributed by atoms with Crippen LogP contribution in [0.1, 0.15) is 49.3 Å². The zero-order valence-electron chi connectivity index (χ0n) is 22.0. The van der Waals surface area contributed by atoms with Gasteiger partial charge < -0.3 is 29.6 Å². The second-order valence-corrected chi connectivity index (χ2v) is 10.4. The summed E-state index contributed by atoms with van der Waals surface area (Å²) in [6.45, 7) is 6.08. The molecule has 0 saturated carbocycles. The summed E-state index contributed by atoms with van der Waals surface area (Å²) in [4.78, 5) is 34.5. The molecule has 0 aliphatic carbocycles. The molecule has 0 unspecified atom stereocenters. The van der Waals surface area contributed by atoms with Gasteiger partial charge in [0.1, 0.15) is 12.2 Å². The quantitative estimate of drug-likeness (QED) is 0.384. The van der Waals surface area contributed by atoms with E-state index in [1.165, 1.54) is 9.80 Å². The van der Waals surface area contributed by atoms with Crippen LogP contribution in [0, 0.1) is 5.41 Å². The number of carboxylic acid groups (broad SMARTS) is 1. The van der Waals surface area contributed by atoms with Gasteiger partial charge in [-0.1, -0.05) is 50.2 Å². The first-order valence-electron chi connectivity index (χ1n) is 12.4. The summed E-state index contributed by atoms with van der Waals surface area (Å²) in [5, 5.41) is 34.9. The highest BCUT2D eigenvalue weighted by Crippen LogP contribution is 2.50. The second kappa shape index (κ2) is 10.5. The van der Waals surface area contributed by atoms with E-state index in [4.69, 9.17) is 9.63 Å². The number of hydrogen-bond acceptors (Lipinski definition) is 8. The predicted octanol–water partition coefficient (Wildman–Crippen LogP) is 2.48. The number of aliphatic hydroxyl groups excluding tert-OH is 1. The number of aliphatic hydroxyl groups is 2. The minimum absolute atomic E-state index is 0.154. The van der Waals surface area contributed by atoms with Crippen molar-refractivity contribution in [3.63, 3.8) is 0 Å². The van der Waals surface area contributed by atoms with E-state index in [1.807, 2.05) is 31.2 Å². The molecule has 0 bridgehead atoms. The van der Waals surface area contributed by atoms with E-state index in [-0.39, 0.29) is 18.9 Å². The summed E-state index contributed by atoms with van der Waals surface area (Å²) in [5.74, 6) is 0.491. The maximum atomic E-state index is 12.4. The van der Waals surface area contributed by atoms with Crippen molar-refractivity contribution in [2.45, 2.75) is 38.7 Å². The van der Waals surface area contributed by atoms with E-state index < -0.39 is 29.6 Å². The Labute approximate surface area is 220 Å². The van der Waals surface area contributed by atoms with Crippen LogP contribution in [-0.4, -0.2) is 85.5 Å². The van der Waals surface area contributed by atoms with Crippen molar-refractivity contribution in [2.24, 2.45) is 5.41 Å². The van der Waals surface area contributed by atoms with Crippen LogP contribution in [-0.2, 0) is 16.8 Å². The molecule has 1 aliphatic rings. The molecular formula is C27H33N5O6. The highest BCUT2D eigenvalue weighted by molar-refractivity contribution is 5.76. The molecule has 11 heteroatoms. The van der Waals surface area contributed by atoms with Gasteiger partial charge in [-0.15, -0.1) is 0 Å². The van der Waals surface area contributed by atoms with Crippen molar-refractivity contribution in [2.75, 3.05) is 33.3 Å². The van der Waals surface area contributed by atoms with E-state index in [2.05, 4.69) is 29.0 Å². The Morgan fingerprint density at radius 2 is 1.87 bits per heavy atom. The normalized spacial score (nSPS) is 16.1. The van der Waals surface area contributed by atoms with E-state index >= 15 is 0 Å². The summed E-state index contributed by atoms with van der Waals surface area (Å²) in [6.07, 6.45) is 2.41. The fraction of sp³-hybridized carbons (Fsp3) is 0.444. The van der Waals surface area contributed by atoms with E-state index in [0.717, 1.165) is 5.56 Å². The van der Waals surface area contributed by atoms with E-state index in [1.54, 1.807) is 25.5 Å². The van der Waals surface area contributed by atoms with Crippen LogP contribution in [0.2, 0.25) is 0 Å². The number of rotatable bonds is 9. The second-order valence-electron chi connectivity index (χ2n) is 10.4. The highest BCUT2D eigenvalue weighted by atomic mass is 16.5. The zero-order chi connectivity index (χ0) is 27.7. The monoisotopic (exact) mass is 523 g/mol. The van der Waals surface area contributed by atoms with E-state index in [9.17, 15) is 19.8 Å². The smallest absolute Gasteiger partial charge is 0.407 e. The van der Waals surface area contributed by atoms with Crippen molar-refractivity contribution >= 4 is 12.0 Å². The van der Waals surface area contributed by atoms with Crippen LogP contribution in [0.25, 0.3) is 11.4 Å². The SMILES string of the molecule is CC(C)c1ccc([C@](O)(c2cncc(-c3noc(CCN(C)C(=O)CO)n3)c2)C2(C)CN(C(=O)O)C2)cc1. The maximum Gasteiger partial charge on any atom is 0.407 e. The van der Waals surface area contributed by atoms with Crippen LogP contribution in [0.5, 0.6) is 0 Å². The Bertz CT molecular complexity index is 1300. The Morgan fingerprint density at radius 3 is 2.47 bits per heavy atom. The van der Waals surface area contributed by atoms with Crippen molar-refractivity contribution in [3.8, 4) is 11.4 Å². The Kier molecular flexibility index (Phi) is 7.52. The van der Waals surface area contributed by atoms with Gasteiger partial charge in [-0.3, -0.25) is 9.78 Å². The Morgan fingerprint density at radius 1 is 1.18 bits per heavy atom. The lowest BCUT2D eigenvalue weighted by atomic mass is 9.62. The number of amides is 2. The average molecular weight is 524 g/mol. The van der Waals surface area contributed by atoms with Gasteiger partial charge in [-0.25, -0.2) is 4.79 Å². The molecule has 3 aromatic rings. The van der Waals surface area contributed by atoms with Crippen molar-refractivity contribution in [1.29, 1.82) is 0 Å². The van der Waals surface area contributed by atoms with Gasteiger partial charge in [0, 0.05) is 62.0 Å². The van der Waals surface area contributed by atoms with Gasteiger partial charge in [0.15, 0.2) is 0 Å². The van der Waals surface area contributed by atoms with E-state index in [0.29, 0.717) is 41.5 Å². The number of hydrogen-bond donors (Lipinski definition) is 3. The largest absolute Gasteiger partial charge is 0.465 e. The summed E-state index contributed by atoms with van der Waals surface area (Å²) >= 11 is 0. The molecular weight excluding hydrogens is 490 g/mol. The van der Waals surface area contributed by atoms with Crippen molar-refractivity contribution < 1.29 is 29.4 Å². The number of aromatic nitrogens is 3. The molecule has 1 atom stereocenters. The number of pyridine rings is 1. The molecule has 202 valence electrons. The summed E-state index contributed by atoms with van der Waals surface area (Å²) < 4.78 is 5.34. The maximum absolute atomic E-state index is 12.4. The third-order valence-corrected chi connectivity index (χ3v) is 7.32. The number of carbonyl (C=O) groups excluding carboxylic acids is 1. The van der Waals surface area contributed by atoms with Crippen LogP contribution >= 0.6 is 0 Å². The standard InChI is InChI=1S/C27H33N5O6/c1-17(2)18-5-7-20(8-6-18)27(37,26(3)15-32(16-26)25(35)36)21-11-19(12-28-13-21)24-29-22(38-30-24)9-10-31(4)23(34)14-33/h5-8,11-13,17,33,37H,9-10,14-16H2,1-4H3,(H,35,36)/t27-/m0/s1. The zero-order valence-corrected chi connectivity index (χ0v) is 22.0. The molecule has 11 nitrogen and oxygen atoms in total. The van der Waals surface area contributed by atoms with Crippen molar-refractivity contribution in [3.05, 3.63) is 65.3 Å². The summed E-state index contributed by atoms with van der Waals surface area (Å²) in [6, 6.07) is 9.46. The van der Waals surface area contributed by atoms with Crippen LogP contribution < -0.4 is 0 Å². The van der Waals surface area contributed by atoms with Gasteiger partial charge in [-0.2, -0.15) is 4.98 Å². The summed E-state index contributed by atoms with van der Waals surface area (Å²) in [5.41, 5.74) is 0.416. The lowest BCUT2D eigenvalue weighted by molar-refractivity contribution is -0.132. The molecule has 0 radical (unpaired) electrons. The molecule has 38 heavy (non-hydrogen) atoms. The first kappa shape index (κ1) is 27.2. The topological polar surface area (TPSA) is 153 Å². The molecule has 4 rings (SSSR count). The van der Waals surface area contributed by atoms with Crippen LogP contribution in [0.15, 0.2) is 47.2 Å². The average Bonchev–Trinajstić information content (AvgIpc) is 3.38. The lowest BCUT2D eigenvalue weighted by Gasteiger charge is -2.55. The molecule has 1 saturated heterocycles. The van der Waals surface area contributed by atoms with Crippen LogP contribution in [0.3, 0.4) is 0 Å². The molecule has 1 aromatic carbocycles. The summed E-state index contributed by atoms with van der Waals surface area (Å²) in [7, 11) is 1.57. The van der Waals surface area contributed by atoms with Gasteiger partial charge in [0.05, 0.1) is 0 Å². The molecule has 2 aromatic heterocycles. The first-order chi connectivity index (χ1) is 18.0. The molecule has 3 N–H and O–H groups in total. The third kappa shape index (κ3) is 4.99. The van der Waals surface area contributed by atoms with Crippen molar-refractivity contribution in [1.82, 2.24) is 24.9 Å². The minimum Gasteiger partial charge on any atom is -0.465 e. The van der Waals surface area contributed by atoms with Crippen LogP contribution in [0.4, 0.5) is 4.79 Å². The number of benzene rings is 1. The van der Waals surface area contributed by atoms with Gasteiger partial charge in [-0.05, 0) is 23.1 Å². The van der Waals surface area contributed by atoms with Gasteiger partial charge in [0.2, 0.25) is 17.6 Å². The highest BCUT2D eigenvalue weighted by Gasteiger charge is 2.57.